The van der Waals surface area contributed by atoms with E-state index < -0.39 is 0 Å². The lowest BCUT2D eigenvalue weighted by molar-refractivity contribution is -0.116. The summed E-state index contributed by atoms with van der Waals surface area (Å²) in [6, 6.07) is 7.69. The van der Waals surface area contributed by atoms with E-state index in [1.807, 2.05) is 38.1 Å². The first kappa shape index (κ1) is 20.0. The highest BCUT2D eigenvalue weighted by Gasteiger charge is 2.23. The van der Waals surface area contributed by atoms with Crippen LogP contribution in [0.5, 0.6) is 5.75 Å². The van der Waals surface area contributed by atoms with Crippen molar-refractivity contribution in [3.63, 3.8) is 0 Å². The second kappa shape index (κ2) is 10.7. The molecule has 1 aliphatic heterocycles. The van der Waals surface area contributed by atoms with Crippen LogP contribution in [0.3, 0.4) is 0 Å². The molecule has 1 fully saturated rings. The van der Waals surface area contributed by atoms with Gasteiger partial charge in [-0.05, 0) is 51.0 Å². The molecule has 1 heterocycles. The van der Waals surface area contributed by atoms with Gasteiger partial charge < -0.3 is 25.0 Å². The van der Waals surface area contributed by atoms with Crippen molar-refractivity contribution >= 4 is 17.7 Å². The van der Waals surface area contributed by atoms with E-state index >= 15 is 0 Å². The molecule has 0 aliphatic carbocycles. The predicted octanol–water partition coefficient (Wildman–Crippen LogP) is 2.62. The molecule has 0 saturated carbocycles. The zero-order chi connectivity index (χ0) is 18.8. The Bertz CT molecular complexity index is 569. The normalized spacial score (nSPS) is 14.8. The van der Waals surface area contributed by atoms with E-state index in [0.29, 0.717) is 45.3 Å². The molecule has 2 amide bonds. The summed E-state index contributed by atoms with van der Waals surface area (Å²) in [5.74, 6) is 0.770. The second-order valence-corrected chi connectivity index (χ2v) is 6.17. The molecular weight excluding hydrogens is 334 g/mol. The number of hydrogen-bond acceptors (Lipinski definition) is 5. The Labute approximate surface area is 155 Å². The van der Waals surface area contributed by atoms with Gasteiger partial charge in [0.2, 0.25) is 5.91 Å². The number of carbonyl (C=O) groups excluding carboxylic acids is 2. The summed E-state index contributed by atoms with van der Waals surface area (Å²) in [6.45, 7) is 6.77. The third-order valence-electron chi connectivity index (χ3n) is 4.26. The van der Waals surface area contributed by atoms with Gasteiger partial charge in [0.05, 0.1) is 13.2 Å². The maximum atomic E-state index is 12.0. The largest absolute Gasteiger partial charge is 0.494 e. The first-order valence-electron chi connectivity index (χ1n) is 9.30. The minimum atomic E-state index is -0.235. The average molecular weight is 363 g/mol. The molecule has 2 N–H and O–H groups in total. The number of piperidine rings is 1. The maximum absolute atomic E-state index is 12.0. The quantitative estimate of drug-likeness (QED) is 0.742. The van der Waals surface area contributed by atoms with Crippen molar-refractivity contribution in [3.8, 4) is 5.75 Å². The number of carbonyl (C=O) groups is 2. The lowest BCUT2D eigenvalue weighted by Gasteiger charge is -2.31. The molecule has 26 heavy (non-hydrogen) atoms. The standard InChI is InChI=1S/C19H29N3O4/c1-3-25-17-7-5-16(6-8-17)21-18(23)9-12-20-15-10-13-22(14-11-15)19(24)26-4-2/h5-8,15,20H,3-4,9-14H2,1-2H3,(H,21,23). The van der Waals surface area contributed by atoms with E-state index in [0.717, 1.165) is 24.3 Å². The first-order valence-corrected chi connectivity index (χ1v) is 9.30. The van der Waals surface area contributed by atoms with Crippen molar-refractivity contribution < 1.29 is 19.1 Å². The van der Waals surface area contributed by atoms with Crippen molar-refractivity contribution in [2.45, 2.75) is 39.2 Å². The molecule has 144 valence electrons. The molecule has 1 aromatic rings. The number of benzene rings is 1. The molecule has 0 radical (unpaired) electrons. The fourth-order valence-electron chi connectivity index (χ4n) is 2.90. The zero-order valence-electron chi connectivity index (χ0n) is 15.6. The average Bonchev–Trinajstić information content (AvgIpc) is 2.64. The topological polar surface area (TPSA) is 79.9 Å². The van der Waals surface area contributed by atoms with Crippen LogP contribution < -0.4 is 15.4 Å². The molecule has 7 heteroatoms. The molecule has 0 aromatic heterocycles. The molecule has 0 spiro atoms. The highest BCUT2D eigenvalue weighted by molar-refractivity contribution is 5.90. The highest BCUT2D eigenvalue weighted by atomic mass is 16.6. The summed E-state index contributed by atoms with van der Waals surface area (Å²) in [5, 5.41) is 6.28. The molecule has 1 saturated heterocycles. The summed E-state index contributed by atoms with van der Waals surface area (Å²) in [5.41, 5.74) is 0.765. The van der Waals surface area contributed by atoms with E-state index in [1.165, 1.54) is 0 Å². The van der Waals surface area contributed by atoms with Crippen LogP contribution in [0.1, 0.15) is 33.1 Å². The third kappa shape index (κ3) is 6.55. The van der Waals surface area contributed by atoms with Crippen LogP contribution in [-0.4, -0.2) is 55.8 Å². The Morgan fingerprint density at radius 2 is 1.81 bits per heavy atom. The summed E-state index contributed by atoms with van der Waals surface area (Å²) in [4.78, 5) is 25.4. The molecule has 0 atom stereocenters. The minimum absolute atomic E-state index is 0.0226. The van der Waals surface area contributed by atoms with Crippen molar-refractivity contribution in [1.29, 1.82) is 0 Å². The van der Waals surface area contributed by atoms with Crippen LogP contribution in [0.15, 0.2) is 24.3 Å². The van der Waals surface area contributed by atoms with Crippen LogP contribution >= 0.6 is 0 Å². The number of likely N-dealkylation sites (tertiary alicyclic amines) is 1. The van der Waals surface area contributed by atoms with Gasteiger partial charge in [-0.25, -0.2) is 4.79 Å². The minimum Gasteiger partial charge on any atom is -0.494 e. The van der Waals surface area contributed by atoms with Crippen LogP contribution in [0.2, 0.25) is 0 Å². The van der Waals surface area contributed by atoms with Gasteiger partial charge in [0.1, 0.15) is 5.75 Å². The van der Waals surface area contributed by atoms with Crippen molar-refractivity contribution in [1.82, 2.24) is 10.2 Å². The monoisotopic (exact) mass is 363 g/mol. The van der Waals surface area contributed by atoms with Crippen LogP contribution in [0, 0.1) is 0 Å². The Morgan fingerprint density at radius 1 is 1.12 bits per heavy atom. The van der Waals surface area contributed by atoms with E-state index in [4.69, 9.17) is 9.47 Å². The third-order valence-corrected chi connectivity index (χ3v) is 4.26. The maximum Gasteiger partial charge on any atom is 0.409 e. The lowest BCUT2D eigenvalue weighted by atomic mass is 10.1. The molecule has 0 unspecified atom stereocenters. The van der Waals surface area contributed by atoms with Gasteiger partial charge in [0.25, 0.3) is 0 Å². The smallest absolute Gasteiger partial charge is 0.409 e. The van der Waals surface area contributed by atoms with Crippen molar-refractivity contribution in [3.05, 3.63) is 24.3 Å². The molecule has 1 aromatic carbocycles. The Balaban J connectivity index is 1.62. The van der Waals surface area contributed by atoms with E-state index in [-0.39, 0.29) is 12.0 Å². The molecule has 2 rings (SSSR count). The van der Waals surface area contributed by atoms with Crippen LogP contribution in [0.4, 0.5) is 10.5 Å². The summed E-state index contributed by atoms with van der Waals surface area (Å²) < 4.78 is 10.4. The number of nitrogens with one attached hydrogen (secondary N) is 2. The fourth-order valence-corrected chi connectivity index (χ4v) is 2.90. The summed E-state index contributed by atoms with van der Waals surface area (Å²) in [6.07, 6.45) is 1.92. The molecule has 1 aliphatic rings. The number of ether oxygens (including phenoxy) is 2. The number of amides is 2. The lowest BCUT2D eigenvalue weighted by Crippen LogP contribution is -2.45. The Hall–Kier alpha value is -2.28. The second-order valence-electron chi connectivity index (χ2n) is 6.17. The molecule has 0 bridgehead atoms. The van der Waals surface area contributed by atoms with Gasteiger partial charge in [-0.3, -0.25) is 4.79 Å². The van der Waals surface area contributed by atoms with Crippen LogP contribution in [0.25, 0.3) is 0 Å². The zero-order valence-corrected chi connectivity index (χ0v) is 15.6. The molecular formula is C19H29N3O4. The summed E-state index contributed by atoms with van der Waals surface area (Å²) >= 11 is 0. The Morgan fingerprint density at radius 3 is 2.42 bits per heavy atom. The highest BCUT2D eigenvalue weighted by Crippen LogP contribution is 2.16. The van der Waals surface area contributed by atoms with Gasteiger partial charge in [-0.15, -0.1) is 0 Å². The number of rotatable bonds is 8. The summed E-state index contributed by atoms with van der Waals surface area (Å²) in [7, 11) is 0. The van der Waals surface area contributed by atoms with Gasteiger partial charge >= 0.3 is 6.09 Å². The van der Waals surface area contributed by atoms with Gasteiger partial charge in [0.15, 0.2) is 0 Å². The van der Waals surface area contributed by atoms with E-state index in [9.17, 15) is 9.59 Å². The van der Waals surface area contributed by atoms with E-state index in [2.05, 4.69) is 10.6 Å². The SMILES string of the molecule is CCOC(=O)N1CCC(NCCC(=O)Nc2ccc(OCC)cc2)CC1. The van der Waals surface area contributed by atoms with E-state index in [1.54, 1.807) is 4.90 Å². The Kier molecular flexibility index (Phi) is 8.21. The van der Waals surface area contributed by atoms with Crippen LogP contribution in [-0.2, 0) is 9.53 Å². The number of nitrogens with zero attached hydrogens (tertiary/aromatic N) is 1. The number of hydrogen-bond donors (Lipinski definition) is 2. The van der Waals surface area contributed by atoms with Gasteiger partial charge in [-0.1, -0.05) is 0 Å². The molecule has 7 nitrogen and oxygen atoms in total. The van der Waals surface area contributed by atoms with Crippen molar-refractivity contribution in [2.24, 2.45) is 0 Å². The number of anilines is 1. The predicted molar refractivity (Wildman–Crippen MR) is 100 cm³/mol. The fraction of sp³-hybridized carbons (Fsp3) is 0.579. The van der Waals surface area contributed by atoms with Gasteiger partial charge in [-0.2, -0.15) is 0 Å². The first-order chi connectivity index (χ1) is 12.6. The van der Waals surface area contributed by atoms with Crippen molar-refractivity contribution in [2.75, 3.05) is 38.2 Å². The van der Waals surface area contributed by atoms with Gasteiger partial charge in [0, 0.05) is 37.8 Å².